The predicted octanol–water partition coefficient (Wildman–Crippen LogP) is 3.19. The topological polar surface area (TPSA) is 32.3 Å². The smallest absolute Gasteiger partial charge is 0.254 e. The molecule has 3 nitrogen and oxygen atoms in total. The molecule has 1 heterocycles. The zero-order valence-corrected chi connectivity index (χ0v) is 13.0. The summed E-state index contributed by atoms with van der Waals surface area (Å²) in [7, 11) is 0. The van der Waals surface area contributed by atoms with Crippen molar-refractivity contribution < 1.29 is 4.79 Å². The summed E-state index contributed by atoms with van der Waals surface area (Å²) < 4.78 is 0. The first-order valence-electron chi connectivity index (χ1n) is 7.35. The van der Waals surface area contributed by atoms with Crippen LogP contribution in [0.15, 0.2) is 24.3 Å². The van der Waals surface area contributed by atoms with Gasteiger partial charge >= 0.3 is 0 Å². The van der Waals surface area contributed by atoms with E-state index in [1.165, 1.54) is 0 Å². The fourth-order valence-corrected chi connectivity index (χ4v) is 2.84. The van der Waals surface area contributed by atoms with E-state index in [0.29, 0.717) is 10.9 Å². The minimum absolute atomic E-state index is 0.121. The first-order valence-corrected chi connectivity index (χ1v) is 7.73. The van der Waals surface area contributed by atoms with E-state index in [2.05, 4.69) is 19.2 Å². The maximum atomic E-state index is 12.7. The summed E-state index contributed by atoms with van der Waals surface area (Å²) in [6, 6.07) is 7.47. The van der Waals surface area contributed by atoms with Gasteiger partial charge < -0.3 is 10.2 Å². The molecular weight excluding hydrogens is 272 g/mol. The van der Waals surface area contributed by atoms with Crippen LogP contribution in [0, 0.1) is 5.92 Å². The normalized spacial score (nSPS) is 20.0. The molecular formula is C16H23ClN2O. The van der Waals surface area contributed by atoms with Crippen molar-refractivity contribution in [2.75, 3.05) is 19.6 Å². The van der Waals surface area contributed by atoms with Gasteiger partial charge in [-0.3, -0.25) is 4.79 Å². The molecule has 1 aliphatic heterocycles. The Balaban J connectivity index is 2.16. The van der Waals surface area contributed by atoms with Gasteiger partial charge in [-0.25, -0.2) is 0 Å². The van der Waals surface area contributed by atoms with Crippen LogP contribution in [0.5, 0.6) is 0 Å². The number of benzene rings is 1. The molecule has 1 unspecified atom stereocenters. The van der Waals surface area contributed by atoms with Crippen LogP contribution in [0.2, 0.25) is 5.02 Å². The quantitative estimate of drug-likeness (QED) is 0.928. The average Bonchev–Trinajstić information content (AvgIpc) is 2.63. The molecule has 1 aliphatic rings. The van der Waals surface area contributed by atoms with Gasteiger partial charge in [0, 0.05) is 29.7 Å². The second-order valence-corrected chi connectivity index (χ2v) is 6.28. The van der Waals surface area contributed by atoms with Crippen molar-refractivity contribution in [3.05, 3.63) is 34.9 Å². The first-order chi connectivity index (χ1) is 9.58. The molecule has 0 bridgehead atoms. The van der Waals surface area contributed by atoms with Gasteiger partial charge in [0.05, 0.1) is 0 Å². The van der Waals surface area contributed by atoms with E-state index in [-0.39, 0.29) is 11.9 Å². The summed E-state index contributed by atoms with van der Waals surface area (Å²) in [5.74, 6) is 0.705. The lowest BCUT2D eigenvalue weighted by Gasteiger charge is -2.31. The Labute approximate surface area is 126 Å². The van der Waals surface area contributed by atoms with Crippen molar-refractivity contribution in [3.8, 4) is 0 Å². The highest BCUT2D eigenvalue weighted by Gasteiger charge is 2.26. The summed E-state index contributed by atoms with van der Waals surface area (Å²) in [5.41, 5.74) is 0.727. The van der Waals surface area contributed by atoms with Crippen molar-refractivity contribution in [1.82, 2.24) is 10.2 Å². The van der Waals surface area contributed by atoms with Gasteiger partial charge in [0.2, 0.25) is 0 Å². The lowest BCUT2D eigenvalue weighted by atomic mass is 10.0. The van der Waals surface area contributed by atoms with Crippen LogP contribution in [0.1, 0.15) is 37.0 Å². The molecule has 1 atom stereocenters. The Morgan fingerprint density at radius 2 is 2.10 bits per heavy atom. The van der Waals surface area contributed by atoms with Crippen LogP contribution in [-0.2, 0) is 0 Å². The fourth-order valence-electron chi connectivity index (χ4n) is 2.72. The number of nitrogens with one attached hydrogen (secondary N) is 1. The number of halogens is 1. The van der Waals surface area contributed by atoms with Crippen molar-refractivity contribution in [2.24, 2.45) is 5.92 Å². The highest BCUT2D eigenvalue weighted by atomic mass is 35.5. The minimum Gasteiger partial charge on any atom is -0.334 e. The van der Waals surface area contributed by atoms with E-state index in [4.69, 9.17) is 11.6 Å². The number of hydrogen-bond acceptors (Lipinski definition) is 2. The summed E-state index contributed by atoms with van der Waals surface area (Å²) in [6.07, 6.45) is 2.04. The summed E-state index contributed by atoms with van der Waals surface area (Å²) >= 11 is 5.89. The number of hydrogen-bond donors (Lipinski definition) is 1. The van der Waals surface area contributed by atoms with Gasteiger partial charge in [-0.1, -0.05) is 25.4 Å². The second kappa shape index (κ2) is 7.09. The SMILES string of the molecule is CC(C)CC1CNCCCN1C(=O)c1ccc(Cl)cc1. The third-order valence-corrected chi connectivity index (χ3v) is 3.92. The van der Waals surface area contributed by atoms with Gasteiger partial charge in [0.25, 0.3) is 5.91 Å². The zero-order valence-electron chi connectivity index (χ0n) is 12.2. The molecule has 110 valence electrons. The zero-order chi connectivity index (χ0) is 14.5. The van der Waals surface area contributed by atoms with Crippen molar-refractivity contribution in [1.29, 1.82) is 0 Å². The predicted molar refractivity (Wildman–Crippen MR) is 83.2 cm³/mol. The second-order valence-electron chi connectivity index (χ2n) is 5.85. The molecule has 0 spiro atoms. The Kier molecular flexibility index (Phi) is 5.44. The molecule has 1 amide bonds. The maximum absolute atomic E-state index is 12.7. The third kappa shape index (κ3) is 3.97. The van der Waals surface area contributed by atoms with E-state index in [0.717, 1.165) is 38.0 Å². The fraction of sp³-hybridized carbons (Fsp3) is 0.562. The van der Waals surface area contributed by atoms with E-state index in [9.17, 15) is 4.79 Å². The van der Waals surface area contributed by atoms with E-state index in [1.54, 1.807) is 12.1 Å². The van der Waals surface area contributed by atoms with Gasteiger partial charge in [0.1, 0.15) is 0 Å². The van der Waals surface area contributed by atoms with E-state index >= 15 is 0 Å². The van der Waals surface area contributed by atoms with Gasteiger partial charge in [0.15, 0.2) is 0 Å². The van der Waals surface area contributed by atoms with Crippen LogP contribution < -0.4 is 5.32 Å². The summed E-state index contributed by atoms with van der Waals surface area (Å²) in [5, 5.41) is 4.10. The standard InChI is InChI=1S/C16H23ClN2O/c1-12(2)10-15-11-18-8-3-9-19(15)16(20)13-4-6-14(17)7-5-13/h4-7,12,15,18H,3,8-11H2,1-2H3. The molecule has 2 rings (SSSR count). The van der Waals surface area contributed by atoms with Crippen LogP contribution in [0.4, 0.5) is 0 Å². The van der Waals surface area contributed by atoms with Crippen molar-refractivity contribution in [2.45, 2.75) is 32.7 Å². The van der Waals surface area contributed by atoms with Crippen molar-refractivity contribution in [3.63, 3.8) is 0 Å². The first kappa shape index (κ1) is 15.3. The Morgan fingerprint density at radius 1 is 1.40 bits per heavy atom. The largest absolute Gasteiger partial charge is 0.334 e. The molecule has 1 N–H and O–H groups in total. The maximum Gasteiger partial charge on any atom is 0.254 e. The van der Waals surface area contributed by atoms with Gasteiger partial charge in [-0.15, -0.1) is 0 Å². The molecule has 20 heavy (non-hydrogen) atoms. The molecule has 0 radical (unpaired) electrons. The highest BCUT2D eigenvalue weighted by Crippen LogP contribution is 2.18. The molecule has 0 aliphatic carbocycles. The Morgan fingerprint density at radius 3 is 2.75 bits per heavy atom. The van der Waals surface area contributed by atoms with Crippen LogP contribution in [0.3, 0.4) is 0 Å². The molecule has 0 saturated carbocycles. The van der Waals surface area contributed by atoms with Gasteiger partial charge in [-0.2, -0.15) is 0 Å². The molecule has 1 fully saturated rings. The summed E-state index contributed by atoms with van der Waals surface area (Å²) in [6.45, 7) is 7.11. The monoisotopic (exact) mass is 294 g/mol. The minimum atomic E-state index is 0.121. The Hall–Kier alpha value is -1.06. The molecule has 1 aromatic rings. The third-order valence-electron chi connectivity index (χ3n) is 3.67. The van der Waals surface area contributed by atoms with Gasteiger partial charge in [-0.05, 0) is 49.6 Å². The average molecular weight is 295 g/mol. The Bertz CT molecular complexity index is 444. The lowest BCUT2D eigenvalue weighted by Crippen LogP contribution is -2.44. The molecule has 0 aromatic heterocycles. The number of rotatable bonds is 3. The highest BCUT2D eigenvalue weighted by molar-refractivity contribution is 6.30. The van der Waals surface area contributed by atoms with Crippen molar-refractivity contribution >= 4 is 17.5 Å². The number of carbonyl (C=O) groups excluding carboxylic acids is 1. The lowest BCUT2D eigenvalue weighted by molar-refractivity contribution is 0.0673. The summed E-state index contributed by atoms with van der Waals surface area (Å²) in [4.78, 5) is 14.7. The molecule has 4 heteroatoms. The molecule has 1 aromatic carbocycles. The van der Waals surface area contributed by atoms with E-state index < -0.39 is 0 Å². The number of amides is 1. The van der Waals surface area contributed by atoms with Crippen LogP contribution >= 0.6 is 11.6 Å². The number of nitrogens with zero attached hydrogens (tertiary/aromatic N) is 1. The van der Waals surface area contributed by atoms with E-state index in [1.807, 2.05) is 17.0 Å². The molecule has 1 saturated heterocycles. The number of carbonyl (C=O) groups is 1. The van der Waals surface area contributed by atoms with Crippen LogP contribution in [0.25, 0.3) is 0 Å². The van der Waals surface area contributed by atoms with Crippen LogP contribution in [-0.4, -0.2) is 36.5 Å².